The molecule has 0 aliphatic heterocycles. The minimum absolute atomic E-state index is 0.196. The molecule has 2 rings (SSSR count). The largest absolute Gasteiger partial charge is 0.748 e. The first kappa shape index (κ1) is 23.8. The molecule has 30 heavy (non-hydrogen) atoms. The summed E-state index contributed by atoms with van der Waals surface area (Å²) in [4.78, 5) is 12.1. The molecule has 0 N–H and O–H groups in total. The van der Waals surface area contributed by atoms with Gasteiger partial charge in [-0.2, -0.15) is 0 Å². The smallest absolute Gasteiger partial charge is 0.573 e. The van der Waals surface area contributed by atoms with Gasteiger partial charge in [-0.25, -0.2) is 13.2 Å². The number of ether oxygens (including phenoxy) is 3. The van der Waals surface area contributed by atoms with Gasteiger partial charge in [0.05, 0.1) is 21.4 Å². The zero-order valence-electron chi connectivity index (χ0n) is 16.1. The summed E-state index contributed by atoms with van der Waals surface area (Å²) in [6.45, 7) is 0.900. The summed E-state index contributed by atoms with van der Waals surface area (Å²) in [6.07, 6.45) is -1.51. The molecular weight excluding hydrogens is 429 g/mol. The first-order valence-corrected chi connectivity index (χ1v) is 10.6. The molecule has 1 aromatic carbocycles. The minimum atomic E-state index is -4.99. The Hall–Kier alpha value is -2.45. The first-order valence-electron chi connectivity index (χ1n) is 9.06. The summed E-state index contributed by atoms with van der Waals surface area (Å²) in [6, 6.07) is 2.93. The minimum Gasteiger partial charge on any atom is -0.748 e. The number of carbonyl (C=O) groups excluding carboxylic acids is 1. The number of hydrogen-bond acceptors (Lipinski definition) is 7. The molecule has 166 valence electrons. The van der Waals surface area contributed by atoms with Crippen LogP contribution in [0.2, 0.25) is 0 Å². The van der Waals surface area contributed by atoms with Crippen molar-refractivity contribution >= 4 is 16.1 Å². The van der Waals surface area contributed by atoms with Gasteiger partial charge in [0.2, 0.25) is 0 Å². The summed E-state index contributed by atoms with van der Waals surface area (Å²) in [5.74, 6) is 2.69. The van der Waals surface area contributed by atoms with Crippen LogP contribution in [0.5, 0.6) is 11.5 Å². The lowest BCUT2D eigenvalue weighted by Crippen LogP contribution is -2.37. The molecule has 0 bridgehead atoms. The van der Waals surface area contributed by atoms with Crippen LogP contribution in [-0.2, 0) is 14.9 Å². The third-order valence-electron chi connectivity index (χ3n) is 4.29. The van der Waals surface area contributed by atoms with Gasteiger partial charge >= 0.3 is 12.3 Å². The SMILES string of the molecule is CC#CC1(Oc2cc(C(=O)OCCS(=O)(=O)[O-])ccc2OC(F)(F)F)CCCCC1. The molecule has 1 saturated carbocycles. The third kappa shape index (κ3) is 7.42. The second kappa shape index (κ2) is 9.57. The molecule has 1 aromatic rings. The molecule has 0 heterocycles. The Bertz CT molecular complexity index is 924. The van der Waals surface area contributed by atoms with Gasteiger partial charge in [0.1, 0.15) is 6.61 Å². The summed E-state index contributed by atoms with van der Waals surface area (Å²) >= 11 is 0. The highest BCUT2D eigenvalue weighted by Crippen LogP contribution is 2.39. The molecule has 1 fully saturated rings. The van der Waals surface area contributed by atoms with E-state index in [1.165, 1.54) is 0 Å². The van der Waals surface area contributed by atoms with Crippen molar-refractivity contribution in [2.75, 3.05) is 12.4 Å². The zero-order chi connectivity index (χ0) is 22.4. The highest BCUT2D eigenvalue weighted by Gasteiger charge is 2.36. The number of esters is 1. The maximum atomic E-state index is 12.8. The molecule has 0 spiro atoms. The number of alkyl halides is 3. The second-order valence-electron chi connectivity index (χ2n) is 6.64. The average molecular weight is 449 g/mol. The van der Waals surface area contributed by atoms with E-state index in [4.69, 9.17) is 9.47 Å². The highest BCUT2D eigenvalue weighted by molar-refractivity contribution is 7.85. The lowest BCUT2D eigenvalue weighted by Gasteiger charge is -2.33. The fourth-order valence-electron chi connectivity index (χ4n) is 3.06. The fourth-order valence-corrected chi connectivity index (χ4v) is 3.34. The van der Waals surface area contributed by atoms with Crippen molar-refractivity contribution in [3.63, 3.8) is 0 Å². The normalized spacial score (nSPS) is 16.2. The van der Waals surface area contributed by atoms with Crippen LogP contribution in [0.3, 0.4) is 0 Å². The molecule has 1 aliphatic carbocycles. The number of rotatable bonds is 7. The van der Waals surface area contributed by atoms with Crippen LogP contribution >= 0.6 is 0 Å². The fraction of sp³-hybridized carbons (Fsp3) is 0.526. The van der Waals surface area contributed by atoms with E-state index in [2.05, 4.69) is 16.6 Å². The molecule has 11 heteroatoms. The van der Waals surface area contributed by atoms with Crippen molar-refractivity contribution in [1.29, 1.82) is 0 Å². The molecule has 0 amide bonds. The van der Waals surface area contributed by atoms with E-state index in [0.717, 1.165) is 37.5 Å². The van der Waals surface area contributed by atoms with E-state index in [-0.39, 0.29) is 11.3 Å². The number of benzene rings is 1. The summed E-state index contributed by atoms with van der Waals surface area (Å²) in [5.41, 5.74) is -1.21. The van der Waals surface area contributed by atoms with Crippen LogP contribution < -0.4 is 9.47 Å². The van der Waals surface area contributed by atoms with Crippen LogP contribution in [0.15, 0.2) is 18.2 Å². The van der Waals surface area contributed by atoms with Gasteiger partial charge in [-0.15, -0.1) is 19.1 Å². The molecule has 0 saturated heterocycles. The molecule has 1 aliphatic rings. The van der Waals surface area contributed by atoms with E-state index in [1.54, 1.807) is 6.92 Å². The Morgan fingerprint density at radius 3 is 2.43 bits per heavy atom. The first-order chi connectivity index (χ1) is 13.9. The molecule has 0 atom stereocenters. The van der Waals surface area contributed by atoms with Gasteiger partial charge in [0.15, 0.2) is 17.1 Å². The summed E-state index contributed by atoms with van der Waals surface area (Å²) in [7, 11) is -4.58. The lowest BCUT2D eigenvalue weighted by molar-refractivity contribution is -0.275. The Morgan fingerprint density at radius 2 is 1.87 bits per heavy atom. The predicted octanol–water partition coefficient (Wildman–Crippen LogP) is 3.39. The van der Waals surface area contributed by atoms with Crippen LogP contribution in [0.4, 0.5) is 13.2 Å². The van der Waals surface area contributed by atoms with Crippen LogP contribution in [-0.4, -0.2) is 43.3 Å². The van der Waals surface area contributed by atoms with Crippen molar-refractivity contribution in [3.8, 4) is 23.3 Å². The quantitative estimate of drug-likeness (QED) is 0.357. The Kier molecular flexibility index (Phi) is 7.60. The van der Waals surface area contributed by atoms with Crippen molar-refractivity contribution in [2.45, 2.75) is 51.0 Å². The average Bonchev–Trinajstić information content (AvgIpc) is 2.62. The zero-order valence-corrected chi connectivity index (χ0v) is 16.9. The van der Waals surface area contributed by atoms with E-state index >= 15 is 0 Å². The van der Waals surface area contributed by atoms with Gasteiger partial charge < -0.3 is 18.8 Å². The van der Waals surface area contributed by atoms with Gasteiger partial charge in [0.25, 0.3) is 0 Å². The van der Waals surface area contributed by atoms with Crippen molar-refractivity contribution in [3.05, 3.63) is 23.8 Å². The van der Waals surface area contributed by atoms with Crippen molar-refractivity contribution in [1.82, 2.24) is 0 Å². The molecule has 0 radical (unpaired) electrons. The Morgan fingerprint density at radius 1 is 1.20 bits per heavy atom. The Labute approximate surface area is 172 Å². The topological polar surface area (TPSA) is 102 Å². The monoisotopic (exact) mass is 449 g/mol. The van der Waals surface area contributed by atoms with Gasteiger partial charge in [-0.1, -0.05) is 12.3 Å². The molecule has 0 aromatic heterocycles. The Balaban J connectivity index is 2.32. The summed E-state index contributed by atoms with van der Waals surface area (Å²) < 4.78 is 84.7. The molecule has 0 unspecified atom stereocenters. The maximum absolute atomic E-state index is 12.8. The van der Waals surface area contributed by atoms with Gasteiger partial charge in [0, 0.05) is 0 Å². The highest BCUT2D eigenvalue weighted by atomic mass is 32.2. The number of carbonyl (C=O) groups is 1. The summed E-state index contributed by atoms with van der Waals surface area (Å²) in [5, 5.41) is 0. The van der Waals surface area contributed by atoms with Crippen molar-refractivity contribution < 1.29 is 45.1 Å². The van der Waals surface area contributed by atoms with Gasteiger partial charge in [-0.05, 0) is 50.8 Å². The van der Waals surface area contributed by atoms with Crippen molar-refractivity contribution in [2.24, 2.45) is 0 Å². The van der Waals surface area contributed by atoms with Gasteiger partial charge in [-0.3, -0.25) is 0 Å². The second-order valence-corrected chi connectivity index (χ2v) is 8.16. The molecular formula is C19H20F3O7S-. The predicted molar refractivity (Wildman–Crippen MR) is 97.9 cm³/mol. The number of halogens is 3. The lowest BCUT2D eigenvalue weighted by atomic mass is 9.85. The number of hydrogen-bond donors (Lipinski definition) is 0. The van der Waals surface area contributed by atoms with Crippen LogP contribution in [0.25, 0.3) is 0 Å². The van der Waals surface area contributed by atoms with Crippen LogP contribution in [0, 0.1) is 11.8 Å². The maximum Gasteiger partial charge on any atom is 0.573 e. The van der Waals surface area contributed by atoms with Crippen LogP contribution in [0.1, 0.15) is 49.4 Å². The molecule has 7 nitrogen and oxygen atoms in total. The van der Waals surface area contributed by atoms with E-state index in [1.807, 2.05) is 0 Å². The standard InChI is InChI=1S/C19H21F3O7S/c1-2-8-18(9-4-3-5-10-18)28-16-13-14(6-7-15(16)29-19(20,21)22)17(23)27-11-12-30(24,25)26/h6-7,13H,3-5,9-12H2,1H3,(H,24,25,26)/p-1. The van der Waals surface area contributed by atoms with E-state index < -0.39 is 46.2 Å². The van der Waals surface area contributed by atoms with E-state index in [9.17, 15) is 30.9 Å². The van der Waals surface area contributed by atoms with E-state index in [0.29, 0.717) is 12.8 Å². The third-order valence-corrected chi connectivity index (χ3v) is 4.96.